The molecular formula is C15H15N3O. The molecule has 4 heteroatoms. The number of benzene rings is 1. The highest BCUT2D eigenvalue weighted by Crippen LogP contribution is 2.18. The number of carbonyl (C=O) groups excluding carboxylic acids is 1. The maximum absolute atomic E-state index is 12.1. The Morgan fingerprint density at radius 1 is 1.26 bits per heavy atom. The summed E-state index contributed by atoms with van der Waals surface area (Å²) in [7, 11) is 0. The lowest BCUT2D eigenvalue weighted by molar-refractivity contribution is -0.130. The van der Waals surface area contributed by atoms with Crippen LogP contribution in [0.15, 0.2) is 30.5 Å². The zero-order valence-corrected chi connectivity index (χ0v) is 10.7. The molecule has 2 aromatic rings. The molecule has 1 aliphatic heterocycles. The van der Waals surface area contributed by atoms with E-state index in [1.165, 1.54) is 0 Å². The van der Waals surface area contributed by atoms with E-state index < -0.39 is 0 Å². The Balaban J connectivity index is 1.85. The van der Waals surface area contributed by atoms with Crippen LogP contribution in [0.4, 0.5) is 0 Å². The van der Waals surface area contributed by atoms with Crippen LogP contribution in [0.2, 0.25) is 0 Å². The molecule has 2 heterocycles. The molecule has 3 rings (SSSR count). The zero-order chi connectivity index (χ0) is 13.2. The second kappa shape index (κ2) is 4.77. The Hall–Kier alpha value is -2.28. The van der Waals surface area contributed by atoms with E-state index in [0.29, 0.717) is 12.1 Å². The normalized spacial score (nSPS) is 14.8. The van der Waals surface area contributed by atoms with Crippen LogP contribution < -0.4 is 0 Å². The van der Waals surface area contributed by atoms with Crippen LogP contribution in [0.25, 0.3) is 10.9 Å². The number of likely N-dealkylation sites (tertiary alicyclic amines) is 1. The van der Waals surface area contributed by atoms with Crippen molar-refractivity contribution < 1.29 is 4.79 Å². The molecule has 0 aliphatic carbocycles. The summed E-state index contributed by atoms with van der Waals surface area (Å²) in [6, 6.07) is 9.63. The highest BCUT2D eigenvalue weighted by atomic mass is 16.2. The van der Waals surface area contributed by atoms with E-state index in [1.54, 1.807) is 6.07 Å². The zero-order valence-electron chi connectivity index (χ0n) is 10.7. The lowest BCUT2D eigenvalue weighted by Gasteiger charge is -2.16. The molecule has 1 saturated heterocycles. The first kappa shape index (κ1) is 11.8. The van der Waals surface area contributed by atoms with Crippen molar-refractivity contribution in [2.45, 2.75) is 19.4 Å². The summed E-state index contributed by atoms with van der Waals surface area (Å²) in [5, 5.41) is 9.88. The number of aromatic nitrogens is 1. The third kappa shape index (κ3) is 2.19. The van der Waals surface area contributed by atoms with Gasteiger partial charge in [-0.05, 0) is 37.1 Å². The third-order valence-electron chi connectivity index (χ3n) is 3.66. The van der Waals surface area contributed by atoms with Crippen molar-refractivity contribution in [3.05, 3.63) is 36.0 Å². The van der Waals surface area contributed by atoms with Crippen LogP contribution in [0, 0.1) is 11.3 Å². The minimum absolute atomic E-state index is 0.180. The molecule has 0 bridgehead atoms. The first-order valence-corrected chi connectivity index (χ1v) is 6.55. The van der Waals surface area contributed by atoms with Gasteiger partial charge >= 0.3 is 0 Å². The molecule has 19 heavy (non-hydrogen) atoms. The molecule has 0 saturated carbocycles. The van der Waals surface area contributed by atoms with Gasteiger partial charge in [0.05, 0.1) is 11.6 Å². The summed E-state index contributed by atoms with van der Waals surface area (Å²) in [5.41, 5.74) is 1.66. The molecule has 0 unspecified atom stereocenters. The number of carbonyl (C=O) groups is 1. The molecule has 1 aromatic heterocycles. The molecular weight excluding hydrogens is 238 g/mol. The molecule has 1 aromatic carbocycles. The number of hydrogen-bond donors (Lipinski definition) is 0. The highest BCUT2D eigenvalue weighted by molar-refractivity contribution is 5.84. The maximum Gasteiger partial charge on any atom is 0.242 e. The monoisotopic (exact) mass is 253 g/mol. The number of nitrogens with zero attached hydrogens (tertiary/aromatic N) is 3. The van der Waals surface area contributed by atoms with Gasteiger partial charge in [0.25, 0.3) is 0 Å². The van der Waals surface area contributed by atoms with Gasteiger partial charge in [0.2, 0.25) is 5.91 Å². The summed E-state index contributed by atoms with van der Waals surface area (Å²) < 4.78 is 1.96. The van der Waals surface area contributed by atoms with Crippen molar-refractivity contribution in [1.82, 2.24) is 9.47 Å². The number of nitriles is 1. The van der Waals surface area contributed by atoms with E-state index in [2.05, 4.69) is 6.07 Å². The van der Waals surface area contributed by atoms with Crippen LogP contribution in [0.1, 0.15) is 18.4 Å². The molecule has 1 amide bonds. The van der Waals surface area contributed by atoms with Gasteiger partial charge < -0.3 is 9.47 Å². The van der Waals surface area contributed by atoms with Crippen LogP contribution in [-0.2, 0) is 11.3 Å². The molecule has 4 nitrogen and oxygen atoms in total. The van der Waals surface area contributed by atoms with Crippen molar-refractivity contribution in [3.8, 4) is 6.07 Å². The van der Waals surface area contributed by atoms with Crippen LogP contribution >= 0.6 is 0 Å². The maximum atomic E-state index is 12.1. The molecule has 0 spiro atoms. The quantitative estimate of drug-likeness (QED) is 0.823. The summed E-state index contributed by atoms with van der Waals surface area (Å²) >= 11 is 0. The van der Waals surface area contributed by atoms with E-state index in [-0.39, 0.29) is 5.91 Å². The van der Waals surface area contributed by atoms with E-state index in [9.17, 15) is 4.79 Å². The van der Waals surface area contributed by atoms with Crippen molar-refractivity contribution in [2.24, 2.45) is 0 Å². The highest BCUT2D eigenvalue weighted by Gasteiger charge is 2.18. The van der Waals surface area contributed by atoms with Crippen molar-refractivity contribution in [3.63, 3.8) is 0 Å². The predicted molar refractivity (Wildman–Crippen MR) is 72.5 cm³/mol. The first-order valence-electron chi connectivity index (χ1n) is 6.55. The Morgan fingerprint density at radius 3 is 2.79 bits per heavy atom. The van der Waals surface area contributed by atoms with Gasteiger partial charge in [-0.25, -0.2) is 0 Å². The minimum atomic E-state index is 0.180. The molecule has 96 valence electrons. The van der Waals surface area contributed by atoms with Gasteiger partial charge in [0, 0.05) is 30.2 Å². The Bertz CT molecular complexity index is 660. The summed E-state index contributed by atoms with van der Waals surface area (Å²) in [5.74, 6) is 0.180. The van der Waals surface area contributed by atoms with Gasteiger partial charge in [-0.15, -0.1) is 0 Å². The van der Waals surface area contributed by atoms with Crippen LogP contribution in [0.3, 0.4) is 0 Å². The lowest BCUT2D eigenvalue weighted by atomic mass is 10.2. The average molecular weight is 253 g/mol. The number of hydrogen-bond acceptors (Lipinski definition) is 2. The summed E-state index contributed by atoms with van der Waals surface area (Å²) in [6.45, 7) is 2.16. The second-order valence-electron chi connectivity index (χ2n) is 4.92. The summed E-state index contributed by atoms with van der Waals surface area (Å²) in [6.07, 6.45) is 4.15. The number of rotatable bonds is 2. The molecule has 0 atom stereocenters. The second-order valence-corrected chi connectivity index (χ2v) is 4.92. The summed E-state index contributed by atoms with van der Waals surface area (Å²) in [4.78, 5) is 14.1. The Kier molecular flexibility index (Phi) is 2.96. The standard InChI is InChI=1S/C15H15N3O/c16-10-12-3-4-14-13(9-12)5-8-18(14)11-15(19)17-6-1-2-7-17/h3-5,8-9H,1-2,6-7,11H2. The van der Waals surface area contributed by atoms with Crippen molar-refractivity contribution in [1.29, 1.82) is 5.26 Å². The molecule has 1 fully saturated rings. The predicted octanol–water partition coefficient (Wildman–Crippen LogP) is 2.14. The fourth-order valence-electron chi connectivity index (χ4n) is 2.62. The van der Waals surface area contributed by atoms with Crippen LogP contribution in [-0.4, -0.2) is 28.5 Å². The van der Waals surface area contributed by atoms with E-state index in [4.69, 9.17) is 5.26 Å². The van der Waals surface area contributed by atoms with Gasteiger partial charge in [-0.1, -0.05) is 0 Å². The SMILES string of the molecule is N#Cc1ccc2c(ccn2CC(=O)N2CCCC2)c1. The van der Waals surface area contributed by atoms with Gasteiger partial charge in [-0.2, -0.15) is 5.26 Å². The lowest BCUT2D eigenvalue weighted by Crippen LogP contribution is -2.30. The Labute approximate surface area is 111 Å². The van der Waals surface area contributed by atoms with E-state index in [0.717, 1.165) is 36.8 Å². The van der Waals surface area contributed by atoms with Crippen molar-refractivity contribution in [2.75, 3.05) is 13.1 Å². The van der Waals surface area contributed by atoms with Gasteiger partial charge in [0.1, 0.15) is 6.54 Å². The van der Waals surface area contributed by atoms with E-state index in [1.807, 2.05) is 33.9 Å². The van der Waals surface area contributed by atoms with E-state index >= 15 is 0 Å². The molecule has 0 N–H and O–H groups in total. The number of amides is 1. The largest absolute Gasteiger partial charge is 0.341 e. The van der Waals surface area contributed by atoms with Crippen LogP contribution in [0.5, 0.6) is 0 Å². The smallest absolute Gasteiger partial charge is 0.242 e. The minimum Gasteiger partial charge on any atom is -0.341 e. The number of fused-ring (bicyclic) bond motifs is 1. The van der Waals surface area contributed by atoms with Gasteiger partial charge in [-0.3, -0.25) is 4.79 Å². The van der Waals surface area contributed by atoms with Crippen molar-refractivity contribution >= 4 is 16.8 Å². The average Bonchev–Trinajstić information content (AvgIpc) is 3.08. The Morgan fingerprint density at radius 2 is 2.05 bits per heavy atom. The molecule has 0 radical (unpaired) electrons. The first-order chi connectivity index (χ1) is 9.28. The molecule has 1 aliphatic rings. The fraction of sp³-hybridized carbons (Fsp3) is 0.333. The van der Waals surface area contributed by atoms with Gasteiger partial charge in [0.15, 0.2) is 0 Å². The fourth-order valence-corrected chi connectivity index (χ4v) is 2.62. The third-order valence-corrected chi connectivity index (χ3v) is 3.66. The topological polar surface area (TPSA) is 49.0 Å².